The van der Waals surface area contributed by atoms with E-state index >= 15 is 0 Å². The van der Waals surface area contributed by atoms with Crippen LogP contribution < -0.4 is 0 Å². The van der Waals surface area contributed by atoms with Crippen molar-refractivity contribution < 1.29 is 14.6 Å². The fourth-order valence-electron chi connectivity index (χ4n) is 3.30. The summed E-state index contributed by atoms with van der Waals surface area (Å²) in [5.74, 6) is 1.76. The van der Waals surface area contributed by atoms with Gasteiger partial charge in [-0.2, -0.15) is 0 Å². The van der Waals surface area contributed by atoms with E-state index in [1.807, 2.05) is 6.07 Å². The van der Waals surface area contributed by atoms with E-state index in [9.17, 15) is 9.90 Å². The summed E-state index contributed by atoms with van der Waals surface area (Å²) in [4.78, 5) is 10.8. The van der Waals surface area contributed by atoms with Crippen LogP contribution in [0.3, 0.4) is 0 Å². The topological polar surface area (TPSA) is 46.5 Å². The molecule has 3 heteroatoms. The molecule has 0 bridgehead atoms. The number of phenols is 1. The van der Waals surface area contributed by atoms with Crippen LogP contribution in [0.2, 0.25) is 0 Å². The molecule has 1 aliphatic rings. The molecule has 0 aromatic heterocycles. The van der Waals surface area contributed by atoms with Gasteiger partial charge in [0.25, 0.3) is 0 Å². The first kappa shape index (κ1) is 15.9. The average Bonchev–Trinajstić information content (AvgIpc) is 2.81. The molecular weight excluding hydrogens is 264 g/mol. The van der Waals surface area contributed by atoms with Crippen LogP contribution >= 0.6 is 0 Å². The van der Waals surface area contributed by atoms with Gasteiger partial charge in [-0.15, -0.1) is 0 Å². The highest BCUT2D eigenvalue weighted by atomic mass is 16.5. The molecule has 0 amide bonds. The fourth-order valence-corrected chi connectivity index (χ4v) is 3.30. The van der Waals surface area contributed by atoms with Crippen molar-refractivity contribution in [1.29, 1.82) is 0 Å². The van der Waals surface area contributed by atoms with Crippen LogP contribution in [0, 0.1) is 11.8 Å². The van der Waals surface area contributed by atoms with Crippen molar-refractivity contribution in [3.8, 4) is 5.75 Å². The first-order chi connectivity index (χ1) is 10.0. The van der Waals surface area contributed by atoms with Crippen LogP contribution in [0.5, 0.6) is 5.75 Å². The van der Waals surface area contributed by atoms with Gasteiger partial charge in [0.15, 0.2) is 0 Å². The Labute approximate surface area is 127 Å². The van der Waals surface area contributed by atoms with Gasteiger partial charge < -0.3 is 9.84 Å². The molecule has 1 aromatic rings. The minimum absolute atomic E-state index is 0.259. The number of ether oxygens (including phenoxy) is 1. The summed E-state index contributed by atoms with van der Waals surface area (Å²) in [6.45, 7) is 4.12. The van der Waals surface area contributed by atoms with Gasteiger partial charge in [-0.3, -0.25) is 4.79 Å². The second-order valence-electron chi connectivity index (χ2n) is 6.42. The summed E-state index contributed by atoms with van der Waals surface area (Å²) in [5, 5.41) is 9.83. The van der Waals surface area contributed by atoms with Gasteiger partial charge in [-0.1, -0.05) is 25.8 Å². The number of benzene rings is 1. The van der Waals surface area contributed by atoms with Crippen molar-refractivity contribution in [2.24, 2.45) is 11.8 Å². The molecule has 21 heavy (non-hydrogen) atoms. The van der Waals surface area contributed by atoms with Gasteiger partial charge >= 0.3 is 5.97 Å². The lowest BCUT2D eigenvalue weighted by atomic mass is 9.96. The van der Waals surface area contributed by atoms with Crippen LogP contribution in [0.25, 0.3) is 0 Å². The molecule has 0 aliphatic heterocycles. The zero-order chi connectivity index (χ0) is 15.2. The Morgan fingerprint density at radius 2 is 1.95 bits per heavy atom. The van der Waals surface area contributed by atoms with Gasteiger partial charge in [-0.05, 0) is 54.4 Å². The van der Waals surface area contributed by atoms with Crippen molar-refractivity contribution >= 4 is 5.97 Å². The molecule has 0 heterocycles. The predicted octanol–water partition coefficient (Wildman–Crippen LogP) is 3.87. The largest absolute Gasteiger partial charge is 0.508 e. The number of aryl methyl sites for hydroxylation is 1. The first-order valence-electron chi connectivity index (χ1n) is 7.98. The van der Waals surface area contributed by atoms with Gasteiger partial charge in [-0.25, -0.2) is 0 Å². The van der Waals surface area contributed by atoms with Crippen molar-refractivity contribution in [2.45, 2.75) is 52.4 Å². The molecule has 0 spiro atoms. The number of carbonyl (C=O) groups is 1. The molecule has 116 valence electrons. The Kier molecular flexibility index (Phi) is 5.66. The molecule has 3 nitrogen and oxygen atoms in total. The van der Waals surface area contributed by atoms with Gasteiger partial charge in [0.05, 0.1) is 6.61 Å². The minimum atomic E-state index is -0.259. The van der Waals surface area contributed by atoms with Crippen LogP contribution in [0.15, 0.2) is 18.2 Å². The highest BCUT2D eigenvalue weighted by molar-refractivity contribution is 5.65. The van der Waals surface area contributed by atoms with E-state index in [1.165, 1.54) is 38.2 Å². The molecule has 2 unspecified atom stereocenters. The van der Waals surface area contributed by atoms with Crippen molar-refractivity contribution in [1.82, 2.24) is 0 Å². The maximum absolute atomic E-state index is 10.8. The van der Waals surface area contributed by atoms with E-state index in [-0.39, 0.29) is 5.97 Å². The maximum Gasteiger partial charge on any atom is 0.302 e. The third-order valence-corrected chi connectivity index (χ3v) is 4.38. The third-order valence-electron chi connectivity index (χ3n) is 4.38. The van der Waals surface area contributed by atoms with E-state index in [2.05, 4.69) is 13.0 Å². The zero-order valence-electron chi connectivity index (χ0n) is 13.1. The second-order valence-corrected chi connectivity index (χ2v) is 6.42. The summed E-state index contributed by atoms with van der Waals surface area (Å²) in [6, 6.07) is 5.74. The summed E-state index contributed by atoms with van der Waals surface area (Å²) in [5.41, 5.74) is 2.22. The van der Waals surface area contributed by atoms with Crippen LogP contribution in [-0.2, 0) is 22.4 Å². The number of esters is 1. The number of aromatic hydroxyl groups is 1. The van der Waals surface area contributed by atoms with E-state index < -0.39 is 0 Å². The Bertz CT molecular complexity index is 481. The number of hydrogen-bond acceptors (Lipinski definition) is 3. The summed E-state index contributed by atoms with van der Waals surface area (Å²) >= 11 is 0. The second kappa shape index (κ2) is 7.48. The van der Waals surface area contributed by atoms with Crippen molar-refractivity contribution in [2.75, 3.05) is 6.61 Å². The highest BCUT2D eigenvalue weighted by Gasteiger charge is 2.20. The third kappa shape index (κ3) is 5.41. The summed E-state index contributed by atoms with van der Waals surface area (Å²) in [6.07, 6.45) is 6.93. The highest BCUT2D eigenvalue weighted by Crippen LogP contribution is 2.33. The predicted molar refractivity (Wildman–Crippen MR) is 83.3 cm³/mol. The molecule has 1 N–H and O–H groups in total. The molecule has 1 saturated carbocycles. The molecule has 1 fully saturated rings. The molecule has 2 rings (SSSR count). The monoisotopic (exact) mass is 290 g/mol. The molecular formula is C18H26O3. The minimum Gasteiger partial charge on any atom is -0.508 e. The Morgan fingerprint density at radius 3 is 2.57 bits per heavy atom. The molecule has 0 radical (unpaired) electrons. The van der Waals surface area contributed by atoms with E-state index in [4.69, 9.17) is 4.74 Å². The SMILES string of the molecule is CC(=O)OCCc1cc(O)cc(CCC2CCC(C)C2)c1. The molecule has 1 aromatic carbocycles. The Hall–Kier alpha value is -1.51. The fraction of sp³-hybridized carbons (Fsp3) is 0.611. The molecule has 1 aliphatic carbocycles. The van der Waals surface area contributed by atoms with E-state index in [0.29, 0.717) is 18.8 Å². The van der Waals surface area contributed by atoms with Crippen LogP contribution in [0.4, 0.5) is 0 Å². The number of rotatable bonds is 6. The normalized spacial score (nSPS) is 21.4. The lowest BCUT2D eigenvalue weighted by Crippen LogP contribution is -2.04. The maximum atomic E-state index is 10.8. The van der Waals surface area contributed by atoms with Gasteiger partial charge in [0.2, 0.25) is 0 Å². The quantitative estimate of drug-likeness (QED) is 0.809. The van der Waals surface area contributed by atoms with Gasteiger partial charge in [0.1, 0.15) is 5.75 Å². The molecule has 2 atom stereocenters. The number of hydrogen-bond donors (Lipinski definition) is 1. The number of carbonyl (C=O) groups excluding carboxylic acids is 1. The summed E-state index contributed by atoms with van der Waals surface area (Å²) < 4.78 is 4.96. The van der Waals surface area contributed by atoms with Crippen LogP contribution in [0.1, 0.15) is 50.7 Å². The average molecular weight is 290 g/mol. The van der Waals surface area contributed by atoms with Gasteiger partial charge in [0, 0.05) is 13.3 Å². The van der Waals surface area contributed by atoms with Crippen molar-refractivity contribution in [3.05, 3.63) is 29.3 Å². The van der Waals surface area contributed by atoms with E-state index in [0.717, 1.165) is 23.8 Å². The van der Waals surface area contributed by atoms with Crippen molar-refractivity contribution in [3.63, 3.8) is 0 Å². The number of phenolic OH excluding ortho intramolecular Hbond substituents is 1. The van der Waals surface area contributed by atoms with E-state index in [1.54, 1.807) is 6.07 Å². The smallest absolute Gasteiger partial charge is 0.302 e. The lowest BCUT2D eigenvalue weighted by molar-refractivity contribution is -0.140. The Morgan fingerprint density at radius 1 is 1.24 bits per heavy atom. The molecule has 0 saturated heterocycles. The Balaban J connectivity index is 1.87. The lowest BCUT2D eigenvalue weighted by Gasteiger charge is -2.11. The zero-order valence-corrected chi connectivity index (χ0v) is 13.1. The standard InChI is InChI=1S/C18H26O3/c1-13-3-4-15(9-13)5-6-16-10-17(12-18(20)11-16)7-8-21-14(2)19/h10-13,15,20H,3-9H2,1-2H3. The first-order valence-corrected chi connectivity index (χ1v) is 7.98. The van der Waals surface area contributed by atoms with Crippen LogP contribution in [-0.4, -0.2) is 17.7 Å². The summed E-state index contributed by atoms with van der Waals surface area (Å²) in [7, 11) is 0.